The van der Waals surface area contributed by atoms with Crippen molar-refractivity contribution in [3.63, 3.8) is 0 Å². The topological polar surface area (TPSA) is 74.6 Å². The van der Waals surface area contributed by atoms with Crippen LogP contribution in [-0.2, 0) is 11.2 Å². The van der Waals surface area contributed by atoms with Gasteiger partial charge in [0.1, 0.15) is 5.82 Å². The highest BCUT2D eigenvalue weighted by Gasteiger charge is 2.17. The minimum absolute atomic E-state index is 0.114. The summed E-state index contributed by atoms with van der Waals surface area (Å²) in [5.74, 6) is -3.58. The molecule has 16 heavy (non-hydrogen) atoms. The van der Waals surface area contributed by atoms with Gasteiger partial charge in [0.2, 0.25) is 0 Å². The summed E-state index contributed by atoms with van der Waals surface area (Å²) in [6, 6.07) is 2.54. The molecule has 0 aliphatic carbocycles. The molecule has 0 fully saturated rings. The van der Waals surface area contributed by atoms with Gasteiger partial charge in [-0.3, -0.25) is 4.79 Å². The molecule has 4 nitrogen and oxygen atoms in total. The summed E-state index contributed by atoms with van der Waals surface area (Å²) in [4.78, 5) is 21.7. The highest BCUT2D eigenvalue weighted by Crippen LogP contribution is 2.23. The van der Waals surface area contributed by atoms with Gasteiger partial charge in [-0.05, 0) is 18.4 Å². The molecule has 0 aliphatic heterocycles. The summed E-state index contributed by atoms with van der Waals surface area (Å²) in [5, 5.41) is 17.3. The van der Waals surface area contributed by atoms with Gasteiger partial charge in [0.15, 0.2) is 0 Å². The van der Waals surface area contributed by atoms with Crippen LogP contribution < -0.4 is 0 Å². The van der Waals surface area contributed by atoms with Gasteiger partial charge in [0.25, 0.3) is 0 Å². The fourth-order valence-electron chi connectivity index (χ4n) is 1.22. The average molecular weight is 244 g/mol. The Morgan fingerprint density at radius 1 is 1.38 bits per heavy atom. The Bertz CT molecular complexity index is 445. The number of aliphatic carboxylic acids is 1. The van der Waals surface area contributed by atoms with Gasteiger partial charge in [-0.2, -0.15) is 0 Å². The van der Waals surface area contributed by atoms with Gasteiger partial charge < -0.3 is 10.2 Å². The van der Waals surface area contributed by atoms with Crippen molar-refractivity contribution in [3.8, 4) is 0 Å². The van der Waals surface area contributed by atoms with E-state index in [2.05, 4.69) is 0 Å². The predicted molar refractivity (Wildman–Crippen MR) is 56.5 cm³/mol. The lowest BCUT2D eigenvalue weighted by Crippen LogP contribution is -2.08. The first kappa shape index (κ1) is 12.5. The van der Waals surface area contributed by atoms with E-state index >= 15 is 0 Å². The zero-order valence-electron chi connectivity index (χ0n) is 8.36. The second-order valence-electron chi connectivity index (χ2n) is 3.02. The Morgan fingerprint density at radius 3 is 2.44 bits per heavy atom. The molecule has 0 radical (unpaired) electrons. The first-order valence-corrected chi connectivity index (χ1v) is 5.49. The summed E-state index contributed by atoms with van der Waals surface area (Å²) in [5.41, 5.74) is -0.611. The summed E-state index contributed by atoms with van der Waals surface area (Å²) in [7, 11) is 0. The Balaban J connectivity index is 3.31. The van der Waals surface area contributed by atoms with Gasteiger partial charge in [-0.1, -0.05) is 0 Å². The van der Waals surface area contributed by atoms with Crippen molar-refractivity contribution in [1.29, 1.82) is 0 Å². The maximum atomic E-state index is 13.5. The van der Waals surface area contributed by atoms with Gasteiger partial charge in [-0.15, -0.1) is 11.8 Å². The van der Waals surface area contributed by atoms with E-state index in [1.165, 1.54) is 23.9 Å². The molecule has 0 amide bonds. The molecule has 0 saturated heterocycles. The predicted octanol–water partition coefficient (Wildman–Crippen LogP) is 1.87. The number of hydrogen-bond acceptors (Lipinski definition) is 3. The molecule has 0 atom stereocenters. The van der Waals surface area contributed by atoms with Crippen LogP contribution in [-0.4, -0.2) is 28.4 Å². The summed E-state index contributed by atoms with van der Waals surface area (Å²) in [6.07, 6.45) is 1.17. The molecule has 1 aromatic carbocycles. The van der Waals surface area contributed by atoms with Crippen molar-refractivity contribution < 1.29 is 24.2 Å². The molecule has 86 valence electrons. The molecule has 0 spiro atoms. The van der Waals surface area contributed by atoms with E-state index in [9.17, 15) is 14.0 Å². The van der Waals surface area contributed by atoms with E-state index in [0.29, 0.717) is 4.90 Å². The highest BCUT2D eigenvalue weighted by atomic mass is 32.2. The molecular formula is C10H9FO4S. The zero-order valence-corrected chi connectivity index (χ0v) is 9.18. The molecule has 0 aromatic heterocycles. The minimum atomic E-state index is -1.40. The summed E-state index contributed by atoms with van der Waals surface area (Å²) >= 11 is 1.23. The highest BCUT2D eigenvalue weighted by molar-refractivity contribution is 7.98. The van der Waals surface area contributed by atoms with Crippen LogP contribution >= 0.6 is 11.8 Å². The maximum absolute atomic E-state index is 13.5. The minimum Gasteiger partial charge on any atom is -0.481 e. The third-order valence-corrected chi connectivity index (χ3v) is 2.64. The standard InChI is InChI=1S/C10H9FO4S/c1-16-6-2-5(3-8(12)13)9(11)7(4-6)10(14)15/h2,4H,3H2,1H3,(H,12,13)(H,14,15). The number of carboxylic acid groups (broad SMARTS) is 2. The molecule has 0 aliphatic rings. The van der Waals surface area contributed by atoms with Crippen LogP contribution in [0.5, 0.6) is 0 Å². The maximum Gasteiger partial charge on any atom is 0.338 e. The van der Waals surface area contributed by atoms with Gasteiger partial charge >= 0.3 is 11.9 Å². The van der Waals surface area contributed by atoms with Crippen LogP contribution in [0.15, 0.2) is 17.0 Å². The van der Waals surface area contributed by atoms with Crippen molar-refractivity contribution in [2.45, 2.75) is 11.3 Å². The lowest BCUT2D eigenvalue weighted by molar-refractivity contribution is -0.136. The summed E-state index contributed by atoms with van der Waals surface area (Å²) in [6.45, 7) is 0. The van der Waals surface area contributed by atoms with Crippen molar-refractivity contribution in [2.24, 2.45) is 0 Å². The fourth-order valence-corrected chi connectivity index (χ4v) is 1.72. The first-order valence-electron chi connectivity index (χ1n) is 4.27. The van der Waals surface area contributed by atoms with E-state index < -0.39 is 29.7 Å². The molecule has 0 bridgehead atoms. The summed E-state index contributed by atoms with van der Waals surface area (Å²) < 4.78 is 13.5. The van der Waals surface area contributed by atoms with Crippen molar-refractivity contribution >= 4 is 23.7 Å². The number of halogens is 1. The first-order chi connectivity index (χ1) is 7.45. The van der Waals surface area contributed by atoms with Crippen molar-refractivity contribution in [2.75, 3.05) is 6.26 Å². The van der Waals surface area contributed by atoms with Crippen LogP contribution in [0, 0.1) is 5.82 Å². The quantitative estimate of drug-likeness (QED) is 0.791. The SMILES string of the molecule is CSc1cc(CC(=O)O)c(F)c(C(=O)O)c1. The molecule has 6 heteroatoms. The van der Waals surface area contributed by atoms with Crippen LogP contribution in [0.4, 0.5) is 4.39 Å². The molecule has 1 rings (SSSR count). The lowest BCUT2D eigenvalue weighted by Gasteiger charge is -2.06. The second-order valence-corrected chi connectivity index (χ2v) is 3.90. The molecule has 0 saturated carbocycles. The molecule has 2 N–H and O–H groups in total. The Labute approximate surface area is 95.1 Å². The van der Waals surface area contributed by atoms with Crippen LogP contribution in [0.25, 0.3) is 0 Å². The average Bonchev–Trinajstić information content (AvgIpc) is 2.19. The van der Waals surface area contributed by atoms with Crippen LogP contribution in [0.3, 0.4) is 0 Å². The van der Waals surface area contributed by atoms with Crippen molar-refractivity contribution in [3.05, 3.63) is 29.1 Å². The van der Waals surface area contributed by atoms with Gasteiger partial charge in [0.05, 0.1) is 12.0 Å². The van der Waals surface area contributed by atoms with E-state index in [-0.39, 0.29) is 5.56 Å². The second kappa shape index (κ2) is 4.98. The van der Waals surface area contributed by atoms with E-state index in [1.807, 2.05) is 0 Å². The van der Waals surface area contributed by atoms with Crippen LogP contribution in [0.2, 0.25) is 0 Å². The number of benzene rings is 1. The number of thioether (sulfide) groups is 1. The third kappa shape index (κ3) is 2.73. The molecule has 0 heterocycles. The Morgan fingerprint density at radius 2 is 2.00 bits per heavy atom. The Hall–Kier alpha value is -1.56. The number of rotatable bonds is 4. The monoisotopic (exact) mass is 244 g/mol. The number of carbonyl (C=O) groups is 2. The zero-order chi connectivity index (χ0) is 12.3. The van der Waals surface area contributed by atoms with E-state index in [4.69, 9.17) is 10.2 Å². The van der Waals surface area contributed by atoms with Crippen molar-refractivity contribution in [1.82, 2.24) is 0 Å². The molecular weight excluding hydrogens is 235 g/mol. The number of carboxylic acids is 2. The Kier molecular flexibility index (Phi) is 3.89. The molecule has 0 unspecified atom stereocenters. The number of hydrogen-bond donors (Lipinski definition) is 2. The normalized spacial score (nSPS) is 10.1. The van der Waals surface area contributed by atoms with Gasteiger partial charge in [0, 0.05) is 10.5 Å². The van der Waals surface area contributed by atoms with Gasteiger partial charge in [-0.25, -0.2) is 9.18 Å². The fraction of sp³-hybridized carbons (Fsp3) is 0.200. The van der Waals surface area contributed by atoms with E-state index in [0.717, 1.165) is 0 Å². The smallest absolute Gasteiger partial charge is 0.338 e. The lowest BCUT2D eigenvalue weighted by atomic mass is 10.1. The largest absolute Gasteiger partial charge is 0.481 e. The number of aromatic carboxylic acids is 1. The van der Waals surface area contributed by atoms with Crippen LogP contribution in [0.1, 0.15) is 15.9 Å². The molecule has 1 aromatic rings. The van der Waals surface area contributed by atoms with E-state index in [1.54, 1.807) is 6.26 Å². The third-order valence-electron chi connectivity index (χ3n) is 1.93.